The van der Waals surface area contributed by atoms with Gasteiger partial charge in [-0.3, -0.25) is 4.39 Å². The summed E-state index contributed by atoms with van der Waals surface area (Å²) in [6, 6.07) is 0. The number of rotatable bonds is 3. The summed E-state index contributed by atoms with van der Waals surface area (Å²) in [5, 5.41) is 0. The molecule has 0 bridgehead atoms. The van der Waals surface area contributed by atoms with E-state index in [1.807, 2.05) is 0 Å². The predicted octanol–water partition coefficient (Wildman–Crippen LogP) is 1.58. The molecule has 0 aromatic carbocycles. The normalized spacial score (nSPS) is 36.0. The molecule has 1 aliphatic carbocycles. The van der Waals surface area contributed by atoms with Crippen molar-refractivity contribution in [2.75, 3.05) is 13.2 Å². The van der Waals surface area contributed by atoms with Gasteiger partial charge in [-0.05, 0) is 30.2 Å². The van der Waals surface area contributed by atoms with Crippen LogP contribution in [-0.4, -0.2) is 13.2 Å². The topological polar surface area (TPSA) is 26.0 Å². The van der Waals surface area contributed by atoms with E-state index in [1.54, 1.807) is 0 Å². The Hall–Kier alpha value is -0.110. The molecule has 0 radical (unpaired) electrons. The van der Waals surface area contributed by atoms with E-state index in [-0.39, 0.29) is 6.67 Å². The highest BCUT2D eigenvalue weighted by atomic mass is 19.1. The molecule has 0 aliphatic heterocycles. The van der Waals surface area contributed by atoms with Crippen molar-refractivity contribution in [3.8, 4) is 0 Å². The fourth-order valence-corrected chi connectivity index (χ4v) is 2.02. The number of hydrogen-bond acceptors (Lipinski definition) is 1. The van der Waals surface area contributed by atoms with Gasteiger partial charge in [-0.25, -0.2) is 0 Å². The summed E-state index contributed by atoms with van der Waals surface area (Å²) in [5.74, 6) is 1.12. The Balaban J connectivity index is 2.37. The Bertz CT molecular complexity index is 122. The van der Waals surface area contributed by atoms with Gasteiger partial charge in [0.05, 0.1) is 6.67 Å². The van der Waals surface area contributed by atoms with Crippen LogP contribution in [0, 0.1) is 17.3 Å². The number of hydrogen-bond donors (Lipinski definition) is 1. The van der Waals surface area contributed by atoms with Crippen molar-refractivity contribution in [1.29, 1.82) is 0 Å². The van der Waals surface area contributed by atoms with Crippen molar-refractivity contribution in [3.05, 3.63) is 0 Å². The molecule has 1 rings (SSSR count). The first-order chi connectivity index (χ1) is 4.64. The average molecular weight is 145 g/mol. The van der Waals surface area contributed by atoms with Crippen molar-refractivity contribution in [2.45, 2.75) is 20.3 Å². The molecule has 2 heteroatoms. The van der Waals surface area contributed by atoms with E-state index in [0.29, 0.717) is 23.7 Å². The maximum atomic E-state index is 11.9. The van der Waals surface area contributed by atoms with Crippen LogP contribution in [0.25, 0.3) is 0 Å². The van der Waals surface area contributed by atoms with Crippen molar-refractivity contribution in [2.24, 2.45) is 23.0 Å². The Kier molecular flexibility index (Phi) is 1.99. The third-order valence-electron chi connectivity index (χ3n) is 2.96. The molecule has 0 spiro atoms. The molecule has 0 heterocycles. The lowest BCUT2D eigenvalue weighted by molar-refractivity contribution is 0.421. The Morgan fingerprint density at radius 3 is 2.30 bits per heavy atom. The maximum Gasteiger partial charge on any atom is 0.0897 e. The summed E-state index contributed by atoms with van der Waals surface area (Å²) in [5.41, 5.74) is 5.83. The molecule has 0 aromatic heterocycles. The van der Waals surface area contributed by atoms with Gasteiger partial charge < -0.3 is 5.73 Å². The van der Waals surface area contributed by atoms with Gasteiger partial charge >= 0.3 is 0 Å². The van der Waals surface area contributed by atoms with E-state index >= 15 is 0 Å². The summed E-state index contributed by atoms with van der Waals surface area (Å²) in [6.07, 6.45) is 0.703. The van der Waals surface area contributed by atoms with Crippen LogP contribution in [0.3, 0.4) is 0 Å². The van der Waals surface area contributed by atoms with Gasteiger partial charge in [0.15, 0.2) is 0 Å². The zero-order valence-corrected chi connectivity index (χ0v) is 6.73. The first-order valence-electron chi connectivity index (χ1n) is 3.90. The van der Waals surface area contributed by atoms with E-state index < -0.39 is 0 Å². The molecule has 0 saturated heterocycles. The van der Waals surface area contributed by atoms with E-state index in [2.05, 4.69) is 13.8 Å². The summed E-state index contributed by atoms with van der Waals surface area (Å²) < 4.78 is 11.9. The summed E-state index contributed by atoms with van der Waals surface area (Å²) in [6.45, 7) is 4.87. The molecule has 0 unspecified atom stereocenters. The fraction of sp³-hybridized carbons (Fsp3) is 1.00. The Morgan fingerprint density at radius 1 is 1.40 bits per heavy atom. The van der Waals surface area contributed by atoms with Crippen molar-refractivity contribution >= 4 is 0 Å². The fourth-order valence-electron chi connectivity index (χ4n) is 2.02. The Labute approximate surface area is 61.8 Å². The highest BCUT2D eigenvalue weighted by molar-refractivity contribution is 5.04. The third kappa shape index (κ3) is 1.05. The lowest BCUT2D eigenvalue weighted by Crippen LogP contribution is -2.05. The SMILES string of the molecule is CC1(C)[C@H](CN)[C@H]1CCF. The minimum Gasteiger partial charge on any atom is -0.330 e. The van der Waals surface area contributed by atoms with Crippen LogP contribution in [-0.2, 0) is 0 Å². The van der Waals surface area contributed by atoms with Crippen molar-refractivity contribution in [1.82, 2.24) is 0 Å². The molecule has 2 atom stereocenters. The van der Waals surface area contributed by atoms with Crippen LogP contribution >= 0.6 is 0 Å². The minimum absolute atomic E-state index is 0.190. The molecule has 2 N–H and O–H groups in total. The van der Waals surface area contributed by atoms with Crippen LogP contribution in [0.5, 0.6) is 0 Å². The van der Waals surface area contributed by atoms with E-state index in [9.17, 15) is 4.39 Å². The third-order valence-corrected chi connectivity index (χ3v) is 2.96. The maximum absolute atomic E-state index is 11.9. The van der Waals surface area contributed by atoms with Gasteiger partial charge in [0.2, 0.25) is 0 Å². The van der Waals surface area contributed by atoms with E-state index in [4.69, 9.17) is 5.73 Å². The highest BCUT2D eigenvalue weighted by Crippen LogP contribution is 2.59. The first-order valence-corrected chi connectivity index (χ1v) is 3.90. The lowest BCUT2D eigenvalue weighted by atomic mass is 10.1. The zero-order chi connectivity index (χ0) is 7.78. The van der Waals surface area contributed by atoms with Gasteiger partial charge in [0.25, 0.3) is 0 Å². The van der Waals surface area contributed by atoms with Crippen LogP contribution in [0.2, 0.25) is 0 Å². The average Bonchev–Trinajstić information content (AvgIpc) is 2.36. The second-order valence-electron chi connectivity index (χ2n) is 3.75. The second kappa shape index (κ2) is 2.50. The molecule has 1 fully saturated rings. The van der Waals surface area contributed by atoms with Crippen LogP contribution in [0.15, 0.2) is 0 Å². The largest absolute Gasteiger partial charge is 0.330 e. The Morgan fingerprint density at radius 2 is 2.00 bits per heavy atom. The molecular weight excluding hydrogens is 129 g/mol. The molecule has 0 amide bonds. The van der Waals surface area contributed by atoms with Crippen LogP contribution < -0.4 is 5.73 Å². The molecule has 1 nitrogen and oxygen atoms in total. The standard InChI is InChI=1S/C8H16FN/c1-8(2)6(3-4-9)7(8)5-10/h6-7H,3-5,10H2,1-2H3/t6-,7-/m1/s1. The second-order valence-corrected chi connectivity index (χ2v) is 3.75. The van der Waals surface area contributed by atoms with Gasteiger partial charge in [-0.2, -0.15) is 0 Å². The molecule has 1 aliphatic rings. The minimum atomic E-state index is -0.190. The summed E-state index contributed by atoms with van der Waals surface area (Å²) in [4.78, 5) is 0. The molecule has 0 aromatic rings. The first kappa shape index (κ1) is 7.99. The number of alkyl halides is 1. The van der Waals surface area contributed by atoms with Gasteiger partial charge in [0, 0.05) is 0 Å². The molecule has 1 saturated carbocycles. The van der Waals surface area contributed by atoms with Crippen molar-refractivity contribution < 1.29 is 4.39 Å². The monoisotopic (exact) mass is 145 g/mol. The van der Waals surface area contributed by atoms with Crippen LogP contribution in [0.4, 0.5) is 4.39 Å². The smallest absolute Gasteiger partial charge is 0.0897 e. The lowest BCUT2D eigenvalue weighted by Gasteiger charge is -1.98. The zero-order valence-electron chi connectivity index (χ0n) is 6.73. The van der Waals surface area contributed by atoms with E-state index in [0.717, 1.165) is 6.54 Å². The molecule has 10 heavy (non-hydrogen) atoms. The van der Waals surface area contributed by atoms with Crippen LogP contribution in [0.1, 0.15) is 20.3 Å². The molecular formula is C8H16FN. The summed E-state index contributed by atoms with van der Waals surface area (Å²) in [7, 11) is 0. The molecule has 60 valence electrons. The van der Waals surface area contributed by atoms with Gasteiger partial charge in [-0.15, -0.1) is 0 Å². The highest BCUT2D eigenvalue weighted by Gasteiger charge is 2.55. The predicted molar refractivity (Wildman–Crippen MR) is 40.4 cm³/mol. The van der Waals surface area contributed by atoms with Gasteiger partial charge in [0.1, 0.15) is 0 Å². The quantitative estimate of drug-likeness (QED) is 0.641. The number of halogens is 1. The number of nitrogens with two attached hydrogens (primary N) is 1. The summed E-state index contributed by atoms with van der Waals surface area (Å²) >= 11 is 0. The van der Waals surface area contributed by atoms with Crippen molar-refractivity contribution in [3.63, 3.8) is 0 Å². The van der Waals surface area contributed by atoms with E-state index in [1.165, 1.54) is 0 Å². The van der Waals surface area contributed by atoms with Gasteiger partial charge in [-0.1, -0.05) is 13.8 Å².